The highest BCUT2D eigenvalue weighted by molar-refractivity contribution is 5.30. The van der Waals surface area contributed by atoms with Crippen LogP contribution in [0.2, 0.25) is 0 Å². The lowest BCUT2D eigenvalue weighted by Crippen LogP contribution is -2.11. The fourth-order valence-corrected chi connectivity index (χ4v) is 1.18. The number of rotatable bonds is 4. The van der Waals surface area contributed by atoms with Crippen molar-refractivity contribution in [1.29, 1.82) is 0 Å². The quantitative estimate of drug-likeness (QED) is 0.730. The predicted octanol–water partition coefficient (Wildman–Crippen LogP) is 1.08. The monoisotopic (exact) mass is 181 g/mol. The molecule has 0 fully saturated rings. The molecular weight excluding hydrogens is 166 g/mol. The second-order valence-corrected chi connectivity index (χ2v) is 2.90. The van der Waals surface area contributed by atoms with Gasteiger partial charge in [-0.1, -0.05) is 12.1 Å². The van der Waals surface area contributed by atoms with Gasteiger partial charge in [-0.25, -0.2) is 0 Å². The predicted molar refractivity (Wildman–Crippen MR) is 51.6 cm³/mol. The third-order valence-corrected chi connectivity index (χ3v) is 1.96. The highest BCUT2D eigenvalue weighted by Gasteiger charge is 2.05. The molecule has 0 aliphatic heterocycles. The molecular formula is C10H15NO2. The Morgan fingerprint density at radius 3 is 2.92 bits per heavy atom. The first-order valence-electron chi connectivity index (χ1n) is 4.28. The zero-order chi connectivity index (χ0) is 9.68. The maximum atomic E-state index is 8.71. The summed E-state index contributed by atoms with van der Waals surface area (Å²) in [6, 6.07) is 7.48. The van der Waals surface area contributed by atoms with Gasteiger partial charge in [-0.2, -0.15) is 0 Å². The van der Waals surface area contributed by atoms with E-state index in [9.17, 15) is 0 Å². The van der Waals surface area contributed by atoms with Crippen molar-refractivity contribution in [3.8, 4) is 5.75 Å². The minimum Gasteiger partial charge on any atom is -0.497 e. The van der Waals surface area contributed by atoms with E-state index in [1.54, 1.807) is 7.11 Å². The number of hydrogen-bond donors (Lipinski definition) is 2. The maximum absolute atomic E-state index is 8.71. The van der Waals surface area contributed by atoms with Gasteiger partial charge in [-0.05, 0) is 24.1 Å². The molecule has 0 unspecified atom stereocenters. The molecule has 0 aliphatic rings. The van der Waals surface area contributed by atoms with Crippen molar-refractivity contribution in [2.75, 3.05) is 13.7 Å². The Bertz CT molecular complexity index is 263. The van der Waals surface area contributed by atoms with E-state index in [1.165, 1.54) is 0 Å². The molecule has 0 amide bonds. The van der Waals surface area contributed by atoms with Crippen LogP contribution >= 0.6 is 0 Å². The third kappa shape index (κ3) is 2.72. The lowest BCUT2D eigenvalue weighted by atomic mass is 10.1. The number of nitrogens with two attached hydrogens (primary N) is 1. The van der Waals surface area contributed by atoms with E-state index in [2.05, 4.69) is 0 Å². The number of aliphatic hydroxyl groups excluding tert-OH is 1. The largest absolute Gasteiger partial charge is 0.497 e. The Hall–Kier alpha value is -1.06. The van der Waals surface area contributed by atoms with Crippen molar-refractivity contribution in [3.63, 3.8) is 0 Å². The topological polar surface area (TPSA) is 55.5 Å². The minimum atomic E-state index is -0.111. The second kappa shape index (κ2) is 4.84. The summed E-state index contributed by atoms with van der Waals surface area (Å²) >= 11 is 0. The molecule has 0 saturated carbocycles. The second-order valence-electron chi connectivity index (χ2n) is 2.90. The average molecular weight is 181 g/mol. The van der Waals surface area contributed by atoms with E-state index in [1.807, 2.05) is 24.3 Å². The van der Waals surface area contributed by atoms with Crippen LogP contribution in [0.1, 0.15) is 18.0 Å². The molecule has 0 radical (unpaired) electrons. The molecule has 3 nitrogen and oxygen atoms in total. The Morgan fingerprint density at radius 2 is 2.31 bits per heavy atom. The Labute approximate surface area is 78.1 Å². The van der Waals surface area contributed by atoms with Gasteiger partial charge in [0.1, 0.15) is 5.75 Å². The zero-order valence-electron chi connectivity index (χ0n) is 7.73. The average Bonchev–Trinajstić information content (AvgIpc) is 2.18. The number of aliphatic hydroxyl groups is 1. The summed E-state index contributed by atoms with van der Waals surface area (Å²) in [4.78, 5) is 0. The first-order chi connectivity index (χ1) is 6.27. The van der Waals surface area contributed by atoms with Crippen molar-refractivity contribution < 1.29 is 9.84 Å². The molecule has 3 N–H and O–H groups in total. The van der Waals surface area contributed by atoms with E-state index in [0.717, 1.165) is 11.3 Å². The van der Waals surface area contributed by atoms with Crippen LogP contribution in [0.4, 0.5) is 0 Å². The van der Waals surface area contributed by atoms with Gasteiger partial charge in [-0.3, -0.25) is 0 Å². The summed E-state index contributed by atoms with van der Waals surface area (Å²) in [5.74, 6) is 0.797. The molecule has 3 heteroatoms. The Morgan fingerprint density at radius 1 is 1.54 bits per heavy atom. The smallest absolute Gasteiger partial charge is 0.119 e. The first kappa shape index (κ1) is 10.0. The molecule has 72 valence electrons. The van der Waals surface area contributed by atoms with Crippen LogP contribution in [0.5, 0.6) is 5.75 Å². The maximum Gasteiger partial charge on any atom is 0.119 e. The van der Waals surface area contributed by atoms with E-state index in [-0.39, 0.29) is 12.6 Å². The van der Waals surface area contributed by atoms with E-state index < -0.39 is 0 Å². The van der Waals surface area contributed by atoms with Crippen molar-refractivity contribution in [3.05, 3.63) is 29.8 Å². The number of benzene rings is 1. The molecule has 13 heavy (non-hydrogen) atoms. The van der Waals surface area contributed by atoms with Crippen LogP contribution < -0.4 is 10.5 Å². The third-order valence-electron chi connectivity index (χ3n) is 1.96. The van der Waals surface area contributed by atoms with Crippen LogP contribution in [0.25, 0.3) is 0 Å². The van der Waals surface area contributed by atoms with Crippen molar-refractivity contribution >= 4 is 0 Å². The van der Waals surface area contributed by atoms with E-state index in [4.69, 9.17) is 15.6 Å². The summed E-state index contributed by atoms with van der Waals surface area (Å²) in [5.41, 5.74) is 6.81. The van der Waals surface area contributed by atoms with Gasteiger partial charge in [0.15, 0.2) is 0 Å². The summed E-state index contributed by atoms with van der Waals surface area (Å²) in [5, 5.41) is 8.71. The molecule has 1 aromatic carbocycles. The zero-order valence-corrected chi connectivity index (χ0v) is 7.73. The normalized spacial score (nSPS) is 12.5. The molecule has 0 bridgehead atoms. The lowest BCUT2D eigenvalue weighted by molar-refractivity contribution is 0.276. The Kier molecular flexibility index (Phi) is 3.73. The summed E-state index contributed by atoms with van der Waals surface area (Å²) in [6.45, 7) is 0.110. The highest BCUT2D eigenvalue weighted by Crippen LogP contribution is 2.19. The van der Waals surface area contributed by atoms with Crippen LogP contribution in [-0.2, 0) is 0 Å². The number of hydrogen-bond acceptors (Lipinski definition) is 3. The summed E-state index contributed by atoms with van der Waals surface area (Å²) < 4.78 is 5.07. The van der Waals surface area contributed by atoms with Crippen molar-refractivity contribution in [1.82, 2.24) is 0 Å². The van der Waals surface area contributed by atoms with Crippen LogP contribution in [-0.4, -0.2) is 18.8 Å². The fourth-order valence-electron chi connectivity index (χ4n) is 1.18. The SMILES string of the molecule is COc1cccc([C@@H](N)CCO)c1. The van der Waals surface area contributed by atoms with E-state index in [0.29, 0.717) is 6.42 Å². The van der Waals surface area contributed by atoms with Gasteiger partial charge in [-0.15, -0.1) is 0 Å². The van der Waals surface area contributed by atoms with Crippen molar-refractivity contribution in [2.45, 2.75) is 12.5 Å². The molecule has 0 saturated heterocycles. The Balaban J connectivity index is 2.75. The van der Waals surface area contributed by atoms with Crippen LogP contribution in [0, 0.1) is 0 Å². The van der Waals surface area contributed by atoms with Gasteiger partial charge in [0.25, 0.3) is 0 Å². The van der Waals surface area contributed by atoms with Gasteiger partial charge >= 0.3 is 0 Å². The molecule has 0 aromatic heterocycles. The summed E-state index contributed by atoms with van der Waals surface area (Å²) in [7, 11) is 1.62. The number of methoxy groups -OCH3 is 1. The molecule has 1 rings (SSSR count). The van der Waals surface area contributed by atoms with Crippen LogP contribution in [0.3, 0.4) is 0 Å². The van der Waals surface area contributed by atoms with Gasteiger partial charge in [0.05, 0.1) is 7.11 Å². The highest BCUT2D eigenvalue weighted by atomic mass is 16.5. The molecule has 1 atom stereocenters. The van der Waals surface area contributed by atoms with Gasteiger partial charge in [0.2, 0.25) is 0 Å². The minimum absolute atomic E-state index is 0.110. The van der Waals surface area contributed by atoms with Crippen molar-refractivity contribution in [2.24, 2.45) is 5.73 Å². The van der Waals surface area contributed by atoms with E-state index >= 15 is 0 Å². The lowest BCUT2D eigenvalue weighted by Gasteiger charge is -2.11. The summed E-state index contributed by atoms with van der Waals surface area (Å²) in [6.07, 6.45) is 0.577. The molecule has 0 heterocycles. The standard InChI is InChI=1S/C10H15NO2/c1-13-9-4-2-3-8(7-9)10(11)5-6-12/h2-4,7,10,12H,5-6,11H2,1H3/t10-/m0/s1. The first-order valence-corrected chi connectivity index (χ1v) is 4.28. The number of ether oxygens (including phenoxy) is 1. The van der Waals surface area contributed by atoms with Crippen LogP contribution in [0.15, 0.2) is 24.3 Å². The fraction of sp³-hybridized carbons (Fsp3) is 0.400. The molecule has 0 spiro atoms. The van der Waals surface area contributed by atoms with Gasteiger partial charge in [0, 0.05) is 12.6 Å². The molecule has 0 aliphatic carbocycles. The molecule has 1 aromatic rings. The van der Waals surface area contributed by atoms with Gasteiger partial charge < -0.3 is 15.6 Å².